The van der Waals surface area contributed by atoms with Crippen LogP contribution in [0.2, 0.25) is 0 Å². The summed E-state index contributed by atoms with van der Waals surface area (Å²) < 4.78 is 0. The number of azo groups is 1. The average molecular weight is 342 g/mol. The molecule has 0 fully saturated rings. The maximum absolute atomic E-state index is 11.0. The number of phenols is 1. The number of hydrogen-bond donors (Lipinski definition) is 3. The van der Waals surface area contributed by atoms with Gasteiger partial charge in [-0.2, -0.15) is 10.2 Å². The van der Waals surface area contributed by atoms with E-state index in [1.165, 1.54) is 18.2 Å². The number of hydrogen-bond acceptors (Lipinski definition) is 5. The number of carboxylic acids is 2. The molecule has 0 amide bonds. The van der Waals surface area contributed by atoms with Crippen molar-refractivity contribution in [2.45, 2.75) is 25.7 Å². The Kier molecular flexibility index (Phi) is 6.22. The normalized spacial score (nSPS) is 10.9. The molecular formula is C18H18N2O5. The zero-order valence-electron chi connectivity index (χ0n) is 13.4. The first-order chi connectivity index (χ1) is 12.0. The molecule has 0 aliphatic carbocycles. The summed E-state index contributed by atoms with van der Waals surface area (Å²) >= 11 is 0. The molecule has 0 aliphatic rings. The van der Waals surface area contributed by atoms with Crippen LogP contribution in [-0.4, -0.2) is 27.3 Å². The lowest BCUT2D eigenvalue weighted by Crippen LogP contribution is -1.95. The van der Waals surface area contributed by atoms with Crippen molar-refractivity contribution in [3.8, 4) is 5.75 Å². The van der Waals surface area contributed by atoms with Gasteiger partial charge in [0.1, 0.15) is 11.3 Å². The second kappa shape index (κ2) is 8.58. The third-order valence-corrected chi connectivity index (χ3v) is 3.53. The first kappa shape index (κ1) is 18.1. The van der Waals surface area contributed by atoms with E-state index in [0.717, 1.165) is 18.4 Å². The van der Waals surface area contributed by atoms with Gasteiger partial charge in [-0.3, -0.25) is 4.79 Å². The maximum Gasteiger partial charge on any atom is 0.339 e. The highest BCUT2D eigenvalue weighted by atomic mass is 16.4. The molecule has 2 aromatic carbocycles. The maximum atomic E-state index is 11.0. The summed E-state index contributed by atoms with van der Waals surface area (Å²) in [5.41, 5.74) is 1.79. The van der Waals surface area contributed by atoms with Gasteiger partial charge in [0.2, 0.25) is 0 Å². The van der Waals surface area contributed by atoms with Gasteiger partial charge in [0.15, 0.2) is 0 Å². The summed E-state index contributed by atoms with van der Waals surface area (Å²) in [7, 11) is 0. The van der Waals surface area contributed by atoms with Gasteiger partial charge in [-0.15, -0.1) is 0 Å². The minimum atomic E-state index is -1.23. The van der Waals surface area contributed by atoms with Crippen molar-refractivity contribution in [1.29, 1.82) is 0 Å². The van der Waals surface area contributed by atoms with Crippen molar-refractivity contribution in [2.75, 3.05) is 0 Å². The fraction of sp³-hybridized carbons (Fsp3) is 0.222. The first-order valence-electron chi connectivity index (χ1n) is 7.74. The number of nitrogens with zero attached hydrogens (tertiary/aromatic N) is 2. The fourth-order valence-corrected chi connectivity index (χ4v) is 2.21. The molecule has 0 aromatic heterocycles. The molecule has 0 spiro atoms. The highest BCUT2D eigenvalue weighted by Gasteiger charge is 2.09. The number of rotatable bonds is 8. The highest BCUT2D eigenvalue weighted by molar-refractivity contribution is 5.91. The fourth-order valence-electron chi connectivity index (χ4n) is 2.21. The molecule has 2 rings (SSSR count). The molecule has 130 valence electrons. The van der Waals surface area contributed by atoms with Crippen LogP contribution in [-0.2, 0) is 11.2 Å². The van der Waals surface area contributed by atoms with E-state index in [1.807, 2.05) is 12.1 Å². The van der Waals surface area contributed by atoms with Crippen LogP contribution in [0.4, 0.5) is 11.4 Å². The minimum Gasteiger partial charge on any atom is -0.507 e. The molecule has 0 unspecified atom stereocenters. The molecule has 7 nitrogen and oxygen atoms in total. The Bertz CT molecular complexity index is 785. The molecule has 7 heteroatoms. The number of carbonyl (C=O) groups is 2. The quantitative estimate of drug-likeness (QED) is 0.488. The monoisotopic (exact) mass is 342 g/mol. The zero-order chi connectivity index (χ0) is 18.2. The molecule has 0 radical (unpaired) electrons. The molecule has 3 N–H and O–H groups in total. The lowest BCUT2D eigenvalue weighted by molar-refractivity contribution is -0.137. The molecule has 0 heterocycles. The van der Waals surface area contributed by atoms with Gasteiger partial charge in [-0.1, -0.05) is 12.1 Å². The molecule has 2 aromatic rings. The first-order valence-corrected chi connectivity index (χ1v) is 7.74. The number of aromatic carboxylic acids is 1. The topological polar surface area (TPSA) is 120 Å². The van der Waals surface area contributed by atoms with Crippen molar-refractivity contribution in [1.82, 2.24) is 0 Å². The van der Waals surface area contributed by atoms with Crippen LogP contribution < -0.4 is 0 Å². The van der Waals surface area contributed by atoms with Crippen LogP contribution in [0.1, 0.15) is 35.2 Å². The Hall–Kier alpha value is -3.22. The summed E-state index contributed by atoms with van der Waals surface area (Å²) in [6.45, 7) is 0. The SMILES string of the molecule is O=C(O)CCCCc1ccc(N=Nc2ccc(O)c(C(=O)O)c2)cc1. The standard InChI is InChI=1S/C18H18N2O5/c21-16-10-9-14(11-15(16)18(24)25)20-19-13-7-5-12(6-8-13)3-1-2-4-17(22)23/h5-11,21H,1-4H2,(H,22,23)(H,24,25). The summed E-state index contributed by atoms with van der Waals surface area (Å²) in [5.74, 6) is -2.34. The molecule has 0 saturated carbocycles. The van der Waals surface area contributed by atoms with E-state index in [0.29, 0.717) is 17.8 Å². The van der Waals surface area contributed by atoms with Crippen LogP contribution in [0.5, 0.6) is 5.75 Å². The Balaban J connectivity index is 1.96. The largest absolute Gasteiger partial charge is 0.507 e. The van der Waals surface area contributed by atoms with Gasteiger partial charge < -0.3 is 15.3 Å². The van der Waals surface area contributed by atoms with Crippen molar-refractivity contribution in [3.05, 3.63) is 53.6 Å². The van der Waals surface area contributed by atoms with Crippen molar-refractivity contribution in [2.24, 2.45) is 10.2 Å². The van der Waals surface area contributed by atoms with Gasteiger partial charge >= 0.3 is 11.9 Å². The third-order valence-electron chi connectivity index (χ3n) is 3.53. The van der Waals surface area contributed by atoms with Crippen LogP contribution in [0, 0.1) is 0 Å². The number of aliphatic carboxylic acids is 1. The zero-order valence-corrected chi connectivity index (χ0v) is 13.4. The van der Waals surface area contributed by atoms with E-state index < -0.39 is 11.9 Å². The second-order valence-electron chi connectivity index (χ2n) is 5.47. The smallest absolute Gasteiger partial charge is 0.339 e. The predicted molar refractivity (Wildman–Crippen MR) is 90.9 cm³/mol. The number of unbranched alkanes of at least 4 members (excludes halogenated alkanes) is 1. The summed E-state index contributed by atoms with van der Waals surface area (Å²) in [6.07, 6.45) is 2.42. The second-order valence-corrected chi connectivity index (χ2v) is 5.47. The lowest BCUT2D eigenvalue weighted by atomic mass is 10.1. The summed E-state index contributed by atoms with van der Waals surface area (Å²) in [6, 6.07) is 11.4. The van der Waals surface area contributed by atoms with Crippen LogP contribution >= 0.6 is 0 Å². The van der Waals surface area contributed by atoms with Crippen molar-refractivity contribution in [3.63, 3.8) is 0 Å². The van der Waals surface area contributed by atoms with Gasteiger partial charge in [0.05, 0.1) is 11.4 Å². The number of benzene rings is 2. The Morgan fingerprint density at radius 3 is 2.16 bits per heavy atom. The Labute approximate surface area is 144 Å². The molecule has 0 atom stereocenters. The number of aryl methyl sites for hydroxylation is 1. The number of aromatic hydroxyl groups is 1. The Morgan fingerprint density at radius 1 is 0.880 bits per heavy atom. The number of carboxylic acid groups (broad SMARTS) is 2. The minimum absolute atomic E-state index is 0.178. The molecule has 0 saturated heterocycles. The van der Waals surface area contributed by atoms with Crippen LogP contribution in [0.3, 0.4) is 0 Å². The molecule has 0 aliphatic heterocycles. The summed E-state index contributed by atoms with van der Waals surface area (Å²) in [5, 5.41) is 35.0. The van der Waals surface area contributed by atoms with Crippen LogP contribution in [0.15, 0.2) is 52.7 Å². The van der Waals surface area contributed by atoms with Gasteiger partial charge in [-0.25, -0.2) is 4.79 Å². The van der Waals surface area contributed by atoms with Gasteiger partial charge in [0, 0.05) is 6.42 Å². The third kappa shape index (κ3) is 5.72. The van der Waals surface area contributed by atoms with Gasteiger partial charge in [0.25, 0.3) is 0 Å². The van der Waals surface area contributed by atoms with Crippen LogP contribution in [0.25, 0.3) is 0 Å². The van der Waals surface area contributed by atoms with E-state index in [4.69, 9.17) is 10.2 Å². The van der Waals surface area contributed by atoms with E-state index in [9.17, 15) is 14.7 Å². The molecule has 25 heavy (non-hydrogen) atoms. The van der Waals surface area contributed by atoms with E-state index in [1.54, 1.807) is 12.1 Å². The average Bonchev–Trinajstić information content (AvgIpc) is 2.58. The highest BCUT2D eigenvalue weighted by Crippen LogP contribution is 2.25. The van der Waals surface area contributed by atoms with E-state index >= 15 is 0 Å². The predicted octanol–water partition coefficient (Wildman–Crippen LogP) is 4.30. The summed E-state index contributed by atoms with van der Waals surface area (Å²) in [4.78, 5) is 21.4. The van der Waals surface area contributed by atoms with E-state index in [-0.39, 0.29) is 17.7 Å². The molecular weight excluding hydrogens is 324 g/mol. The lowest BCUT2D eigenvalue weighted by Gasteiger charge is -2.01. The molecule has 0 bridgehead atoms. The van der Waals surface area contributed by atoms with Gasteiger partial charge in [-0.05, 0) is 55.2 Å². The van der Waals surface area contributed by atoms with Crippen molar-refractivity contribution >= 4 is 23.3 Å². The van der Waals surface area contributed by atoms with Crippen molar-refractivity contribution < 1.29 is 24.9 Å². The van der Waals surface area contributed by atoms with E-state index in [2.05, 4.69) is 10.2 Å². The Morgan fingerprint density at radius 2 is 1.52 bits per heavy atom.